The van der Waals surface area contributed by atoms with Crippen LogP contribution >= 0.6 is 696 Å². The van der Waals surface area contributed by atoms with Crippen LogP contribution in [0.15, 0.2) is 0 Å². The van der Waals surface area contributed by atoms with Gasteiger partial charge < -0.3 is 5.11 Å². The van der Waals surface area contributed by atoms with E-state index in [4.69, 9.17) is 701 Å². The molecule has 0 unspecified atom stereocenters. The third kappa shape index (κ3) is 4030. The minimum atomic E-state index is 0.194. The molecular weight excluding hydrogens is 2520 g/mol. The summed E-state index contributed by atoms with van der Waals surface area (Å²) in [6.07, 6.45) is 0. The third-order valence-corrected chi connectivity index (χ3v) is 0. The first-order chi connectivity index (χ1) is 43.4. The van der Waals surface area contributed by atoms with Gasteiger partial charge in [-0.15, -0.1) is 696 Å². The van der Waals surface area contributed by atoms with E-state index in [1.807, 2.05) is 0 Å². The molecule has 0 aliphatic heterocycles. The molecule has 614 valence electrons. The van der Waals surface area contributed by atoms with Crippen molar-refractivity contribution in [2.24, 2.45) is 0 Å². The van der Waals surface area contributed by atoms with Gasteiger partial charge in [-0.3, -0.25) is 0 Å². The fraction of sp³-hybridized carbons (Fsp3) is 1.00. The lowest BCUT2D eigenvalue weighted by atomic mass is 11.8. The van der Waals surface area contributed by atoms with Crippen LogP contribution in [0.4, 0.5) is 0 Å². The summed E-state index contributed by atoms with van der Waals surface area (Å²) >= 11 is 286. The molecule has 92 heavy (non-hydrogen) atoms. The summed E-state index contributed by atoms with van der Waals surface area (Å²) < 4.78 is 0. The smallest absolute Gasteiger partial charge is 0.0967 e. The first kappa shape index (κ1) is 209. The largest absolute Gasteiger partial charge is 0.400 e. The number of halogens is 60. The highest BCUT2D eigenvalue weighted by molar-refractivity contribution is 6.48. The van der Waals surface area contributed by atoms with E-state index < -0.39 is 0 Å². The average molecular weight is 2580 g/mol. The molecule has 0 rings (SSSR count). The molecule has 0 amide bonds. The van der Waals surface area contributed by atoms with Gasteiger partial charge >= 0.3 is 0 Å². The van der Waals surface area contributed by atoms with E-state index in [9.17, 15) is 0 Å². The van der Waals surface area contributed by atoms with Gasteiger partial charge in [-0.1, -0.05) is 0 Å². The van der Waals surface area contributed by atoms with Crippen molar-refractivity contribution >= 4 is 696 Å². The Kier molecular flexibility index (Phi) is 1270. The van der Waals surface area contributed by atoms with E-state index in [0.29, 0.717) is 0 Å². The summed E-state index contributed by atoms with van der Waals surface area (Å²) in [7, 11) is 1.00. The third-order valence-electron chi connectivity index (χ3n) is 0. The SMILES string of the molecule is CO.ClCCl.ClCCl.ClCCl.ClCCl.ClCCl.ClCCl.ClCCl.ClCCl.ClCCl.ClCCl.ClCCl.ClCCl.ClCCl.ClCCl.ClCCl.ClCCl.ClCCl.ClCCl.ClCCl.ClCCl.ClCCl.ClCCl.ClCCl.ClCCl.ClCCl.ClCCl.ClCCl.ClCCl.ClCCl.ClCCl. The summed E-state index contributed by atoms with van der Waals surface area (Å²) in [6, 6.07) is 0. The van der Waals surface area contributed by atoms with Crippen LogP contribution < -0.4 is 0 Å². The zero-order valence-electron chi connectivity index (χ0n) is 45.3. The Morgan fingerprint density at radius 1 is 0.0761 bits per heavy atom. The molecule has 1 N–H and O–H groups in total. The van der Waals surface area contributed by atoms with Crippen molar-refractivity contribution in [1.82, 2.24) is 0 Å². The van der Waals surface area contributed by atoms with Gasteiger partial charge in [0.25, 0.3) is 0 Å². The van der Waals surface area contributed by atoms with Gasteiger partial charge in [-0.25, -0.2) is 0 Å². The maximum absolute atomic E-state index is 7.00. The monoisotopic (exact) mass is 2550 g/mol. The Morgan fingerprint density at radius 2 is 0.0761 bits per heavy atom. The molecule has 1 nitrogen and oxygen atoms in total. The van der Waals surface area contributed by atoms with Gasteiger partial charge in [0.2, 0.25) is 0 Å². The maximum Gasteiger partial charge on any atom is 0.0967 e. The zero-order chi connectivity index (χ0) is 83.2. The number of rotatable bonds is 0. The van der Waals surface area contributed by atoms with E-state index in [-0.39, 0.29) is 160 Å². The molecule has 0 aromatic carbocycles. The van der Waals surface area contributed by atoms with Gasteiger partial charge in [0.15, 0.2) is 0 Å². The van der Waals surface area contributed by atoms with Crippen LogP contribution in [0.25, 0.3) is 0 Å². The van der Waals surface area contributed by atoms with E-state index in [0.717, 1.165) is 7.11 Å². The van der Waals surface area contributed by atoms with Crippen molar-refractivity contribution in [3.05, 3.63) is 0 Å². The summed E-state index contributed by atoms with van der Waals surface area (Å²) in [5.74, 6) is 0. The fourth-order valence-corrected chi connectivity index (χ4v) is 0. The van der Waals surface area contributed by atoms with Gasteiger partial charge in [0.05, 0.1) is 160 Å². The Balaban J connectivity index is -0.0000000144. The summed E-state index contributed by atoms with van der Waals surface area (Å²) in [5.41, 5.74) is 0. The van der Waals surface area contributed by atoms with Crippen LogP contribution in [0.2, 0.25) is 0 Å². The molecule has 0 aliphatic carbocycles. The van der Waals surface area contributed by atoms with Crippen LogP contribution in [0, 0.1) is 0 Å². The Labute approximate surface area is 853 Å². The van der Waals surface area contributed by atoms with Crippen LogP contribution in [-0.4, -0.2) is 172 Å². The highest BCUT2D eigenvalue weighted by Gasteiger charge is 1.50. The number of aliphatic hydroxyl groups is 1. The fourth-order valence-electron chi connectivity index (χ4n) is 0. The first-order valence-electron chi connectivity index (χ1n) is 16.5. The number of alkyl halides is 60. The summed E-state index contributed by atoms with van der Waals surface area (Å²) in [5, 5.41) is 12.8. The second-order valence-corrected chi connectivity index (χ2v) is 27.3. The van der Waals surface area contributed by atoms with Crippen LogP contribution in [-0.2, 0) is 0 Å². The lowest BCUT2D eigenvalue weighted by Crippen LogP contribution is -1.25. The van der Waals surface area contributed by atoms with Crippen molar-refractivity contribution in [2.75, 3.05) is 167 Å². The highest BCUT2D eigenvalue weighted by atomic mass is 35.6. The molecular formula is C31H64Cl60O. The summed E-state index contributed by atoms with van der Waals surface area (Å²) in [6.45, 7) is 0. The molecule has 0 saturated heterocycles. The molecule has 0 saturated carbocycles. The quantitative estimate of drug-likeness (QED) is 0.240. The van der Waals surface area contributed by atoms with Crippen molar-refractivity contribution in [2.45, 2.75) is 0 Å². The first-order valence-corrected chi connectivity index (χ1v) is 48.6. The van der Waals surface area contributed by atoms with Crippen LogP contribution in [0.5, 0.6) is 0 Å². The van der Waals surface area contributed by atoms with Crippen LogP contribution in [0.3, 0.4) is 0 Å². The Bertz CT molecular complexity index is 239. The van der Waals surface area contributed by atoms with Crippen molar-refractivity contribution < 1.29 is 5.11 Å². The van der Waals surface area contributed by atoms with Crippen molar-refractivity contribution in [1.29, 1.82) is 0 Å². The molecule has 0 aliphatic rings. The molecule has 0 aromatic rings. The lowest BCUT2D eigenvalue weighted by molar-refractivity contribution is 0.399. The molecule has 0 fully saturated rings. The van der Waals surface area contributed by atoms with E-state index in [2.05, 4.69) is 0 Å². The predicted molar refractivity (Wildman–Crippen MR) is 505 cm³/mol. The Hall–Kier alpha value is 17.4. The minimum absolute atomic E-state index is 0.194. The van der Waals surface area contributed by atoms with E-state index in [1.54, 1.807) is 0 Å². The molecule has 0 heterocycles. The second kappa shape index (κ2) is 557. The molecule has 0 aromatic heterocycles. The molecule has 0 spiro atoms. The van der Waals surface area contributed by atoms with Crippen molar-refractivity contribution in [3.63, 3.8) is 0 Å². The predicted octanol–water partition coefficient (Wildman–Crippen LogP) is 42.3. The molecule has 61 heteroatoms. The zero-order valence-corrected chi connectivity index (χ0v) is 90.7. The highest BCUT2D eigenvalue weighted by Crippen LogP contribution is 1.81. The van der Waals surface area contributed by atoms with Gasteiger partial charge in [0.1, 0.15) is 0 Å². The summed E-state index contributed by atoms with van der Waals surface area (Å²) in [4.78, 5) is 0. The molecule has 0 bridgehead atoms. The lowest BCUT2D eigenvalue weighted by Gasteiger charge is -1.42. The van der Waals surface area contributed by atoms with E-state index >= 15 is 0 Å². The van der Waals surface area contributed by atoms with Crippen LogP contribution in [0.1, 0.15) is 0 Å². The maximum atomic E-state index is 7.00. The number of hydrogen-bond acceptors (Lipinski definition) is 1. The average Bonchev–Trinajstić information content (AvgIpc) is 3.44. The van der Waals surface area contributed by atoms with Gasteiger partial charge in [-0.2, -0.15) is 0 Å². The molecule has 0 radical (unpaired) electrons. The van der Waals surface area contributed by atoms with Gasteiger partial charge in [0, 0.05) is 7.11 Å². The standard InChI is InChI=1S/30CH2Cl2.CH4O/c30*2-1-3;1-2/h30*1H2;2H,1H3. The van der Waals surface area contributed by atoms with Crippen molar-refractivity contribution in [3.8, 4) is 0 Å². The number of hydrogen-bond donors (Lipinski definition) is 1. The topological polar surface area (TPSA) is 20.2 Å². The van der Waals surface area contributed by atoms with E-state index in [1.165, 1.54) is 0 Å². The number of aliphatic hydroxyl groups excluding tert-OH is 1. The van der Waals surface area contributed by atoms with Gasteiger partial charge in [-0.05, 0) is 0 Å². The second-order valence-electron chi connectivity index (χ2n) is 3.03. The Morgan fingerprint density at radius 3 is 0.0761 bits per heavy atom. The molecule has 0 atom stereocenters. The normalized spacial score (nSPS) is 5.93. The minimum Gasteiger partial charge on any atom is -0.400 e.